The van der Waals surface area contributed by atoms with Crippen molar-refractivity contribution in [2.24, 2.45) is 5.41 Å². The quantitative estimate of drug-likeness (QED) is 0.0570. The Morgan fingerprint density at radius 1 is 0.957 bits per heavy atom. The van der Waals surface area contributed by atoms with E-state index in [1.165, 1.54) is 30.9 Å². The Labute approximate surface area is 408 Å². The Bertz CT molecular complexity index is 2540. The third-order valence-electron chi connectivity index (χ3n) is 13.4. The Kier molecular flexibility index (Phi) is 16.6. The Balaban J connectivity index is 0.826. The van der Waals surface area contributed by atoms with Crippen molar-refractivity contribution >= 4 is 40.0 Å². The Morgan fingerprint density at radius 2 is 1.62 bits per heavy atom. The fourth-order valence-electron chi connectivity index (χ4n) is 9.88. The van der Waals surface area contributed by atoms with Crippen LogP contribution in [0, 0.1) is 24.0 Å². The number of unbranched alkanes of at least 4 members (excludes halogenated alkanes) is 6. The van der Waals surface area contributed by atoms with E-state index < -0.39 is 52.9 Å². The number of aliphatic hydroxyl groups is 1. The number of aryl methyl sites for hydroxylation is 1. The van der Waals surface area contributed by atoms with Crippen molar-refractivity contribution in [3.8, 4) is 16.2 Å². The fraction of sp³-hybridized carbons (Fsp3) is 0.519. The molecule has 1 fully saturated rings. The molecule has 7 rings (SSSR count). The number of thiazole rings is 1. The molecule has 3 aromatic carbocycles. The van der Waals surface area contributed by atoms with E-state index in [2.05, 4.69) is 20.6 Å². The number of hydrogen-bond acceptors (Lipinski definition) is 8. The SMILES string of the molecule is Cc1ncsc1-c1ccc(CNC(=O)[C@@H]2C[C@@H](O)CN2C(=O)C(NC(=O)CCCCCCCCCOc2cc(F)c([C@@H]3c4[nH]c5ccccc5c4C[C@@H](C)N3CC(C)(C)F)c(F)c2)C(C)(C)C)cc1. The molecule has 0 spiro atoms. The molecule has 4 heterocycles. The van der Waals surface area contributed by atoms with Gasteiger partial charge in [0.25, 0.3) is 0 Å². The number of nitrogens with zero attached hydrogens (tertiary/aromatic N) is 3. The van der Waals surface area contributed by atoms with Gasteiger partial charge in [-0.3, -0.25) is 19.3 Å². The van der Waals surface area contributed by atoms with Crippen LogP contribution in [-0.4, -0.2) is 92.2 Å². The second-order valence-electron chi connectivity index (χ2n) is 20.7. The molecule has 0 bridgehead atoms. The summed E-state index contributed by atoms with van der Waals surface area (Å²) in [6, 6.07) is 15.4. The highest BCUT2D eigenvalue weighted by Gasteiger charge is 2.45. The number of ether oxygens (including phenoxy) is 1. The average Bonchev–Trinajstić information content (AvgIpc) is 4.01. The van der Waals surface area contributed by atoms with Crippen LogP contribution in [0.2, 0.25) is 0 Å². The molecule has 5 aromatic rings. The lowest BCUT2D eigenvalue weighted by atomic mass is 9.85. The van der Waals surface area contributed by atoms with Crippen molar-refractivity contribution in [2.45, 2.75) is 155 Å². The summed E-state index contributed by atoms with van der Waals surface area (Å²) < 4.78 is 53.1. The fourth-order valence-corrected chi connectivity index (χ4v) is 10.7. The molecular weight excluding hydrogens is 902 g/mol. The summed E-state index contributed by atoms with van der Waals surface area (Å²) in [5, 5.41) is 17.5. The molecule has 2 aromatic heterocycles. The topological polar surface area (TPSA) is 140 Å². The van der Waals surface area contributed by atoms with Crippen molar-refractivity contribution in [1.29, 1.82) is 0 Å². The zero-order chi connectivity index (χ0) is 49.6. The van der Waals surface area contributed by atoms with E-state index in [4.69, 9.17) is 4.74 Å². The maximum Gasteiger partial charge on any atom is 0.246 e. The number of β-amino-alcohol motifs (C(OH)–C–C–N with tert-alkyl or cyclic N) is 1. The number of fused-ring (bicyclic) bond motifs is 3. The van der Waals surface area contributed by atoms with Gasteiger partial charge in [-0.1, -0.05) is 95.3 Å². The van der Waals surface area contributed by atoms with Crippen LogP contribution in [-0.2, 0) is 27.3 Å². The molecular formula is C54H69F3N6O5S. The lowest BCUT2D eigenvalue weighted by Gasteiger charge is -2.43. The smallest absolute Gasteiger partial charge is 0.246 e. The van der Waals surface area contributed by atoms with Crippen LogP contribution in [0.4, 0.5) is 13.2 Å². The summed E-state index contributed by atoms with van der Waals surface area (Å²) in [5.74, 6) is -2.34. The molecule has 69 heavy (non-hydrogen) atoms. The van der Waals surface area contributed by atoms with E-state index in [0.29, 0.717) is 31.6 Å². The van der Waals surface area contributed by atoms with E-state index in [1.54, 1.807) is 11.3 Å². The molecule has 0 saturated carbocycles. The zero-order valence-corrected chi connectivity index (χ0v) is 41.9. The van der Waals surface area contributed by atoms with Gasteiger partial charge in [0.1, 0.15) is 35.1 Å². The molecule has 5 atom stereocenters. The first-order valence-electron chi connectivity index (χ1n) is 24.5. The van der Waals surface area contributed by atoms with Crippen molar-refractivity contribution in [3.05, 3.63) is 106 Å². The summed E-state index contributed by atoms with van der Waals surface area (Å²) in [5.41, 5.74) is 4.92. The van der Waals surface area contributed by atoms with E-state index in [0.717, 1.165) is 70.3 Å². The van der Waals surface area contributed by atoms with Crippen LogP contribution in [0.1, 0.15) is 133 Å². The van der Waals surface area contributed by atoms with Gasteiger partial charge in [0, 0.05) is 72.8 Å². The molecule has 1 saturated heterocycles. The van der Waals surface area contributed by atoms with Crippen molar-refractivity contribution in [1.82, 2.24) is 30.4 Å². The van der Waals surface area contributed by atoms with Gasteiger partial charge in [-0.2, -0.15) is 0 Å². The monoisotopic (exact) mass is 971 g/mol. The number of carbonyl (C=O) groups is 3. The third-order valence-corrected chi connectivity index (χ3v) is 14.4. The second kappa shape index (κ2) is 22.2. The number of para-hydroxylation sites is 1. The van der Waals surface area contributed by atoms with Crippen LogP contribution in [0.3, 0.4) is 0 Å². The summed E-state index contributed by atoms with van der Waals surface area (Å²) in [6.07, 6.45) is 5.97. The number of aliphatic hydroxyl groups excluding tert-OH is 1. The molecule has 2 aliphatic heterocycles. The molecule has 0 aliphatic carbocycles. The summed E-state index contributed by atoms with van der Waals surface area (Å²) in [6.45, 7) is 13.1. The molecule has 372 valence electrons. The molecule has 2 aliphatic rings. The van der Waals surface area contributed by atoms with Crippen LogP contribution < -0.4 is 15.4 Å². The zero-order valence-electron chi connectivity index (χ0n) is 41.1. The van der Waals surface area contributed by atoms with Gasteiger partial charge in [0.2, 0.25) is 17.7 Å². The molecule has 3 amide bonds. The number of likely N-dealkylation sites (tertiary alicyclic amines) is 1. The number of amides is 3. The number of aromatic amines is 1. The number of halogens is 3. The van der Waals surface area contributed by atoms with Gasteiger partial charge < -0.3 is 30.4 Å². The van der Waals surface area contributed by atoms with Crippen LogP contribution in [0.25, 0.3) is 21.3 Å². The predicted octanol–water partition coefficient (Wildman–Crippen LogP) is 10.3. The summed E-state index contributed by atoms with van der Waals surface area (Å²) >= 11 is 1.57. The van der Waals surface area contributed by atoms with E-state index in [-0.39, 0.29) is 61.6 Å². The summed E-state index contributed by atoms with van der Waals surface area (Å²) in [7, 11) is 0. The van der Waals surface area contributed by atoms with E-state index >= 15 is 13.2 Å². The largest absolute Gasteiger partial charge is 0.493 e. The van der Waals surface area contributed by atoms with Crippen molar-refractivity contribution in [3.63, 3.8) is 0 Å². The van der Waals surface area contributed by atoms with Gasteiger partial charge in [0.15, 0.2) is 0 Å². The second-order valence-corrected chi connectivity index (χ2v) is 21.6. The standard InChI is InChI=1S/C54H69F3N6O5S/c1-33-25-40-39-17-14-15-18-43(39)60-47(40)48(63(33)31-54(6,7)57)46-41(55)27-38(28-42(46)56)68-24-16-12-10-8-9-11-13-19-45(65)61-50(53(3,4)5)52(67)62-30-37(64)26-44(62)51(66)58-29-35-20-22-36(23-21-35)49-34(2)59-32-69-49/h14-15,17-18,20-23,27-28,32-33,37,44,48,50,60,64H,8-13,16,19,24-26,29-31H2,1-7H3,(H,58,66)(H,61,65)/t33-,37-,44+,48-,50?/m1/s1. The number of rotatable bonds is 20. The number of nitrogens with one attached hydrogen (secondary N) is 3. The number of alkyl halides is 1. The first-order chi connectivity index (χ1) is 32.8. The Morgan fingerprint density at radius 3 is 2.28 bits per heavy atom. The van der Waals surface area contributed by atoms with Gasteiger partial charge in [0.05, 0.1) is 34.8 Å². The first-order valence-corrected chi connectivity index (χ1v) is 25.4. The summed E-state index contributed by atoms with van der Waals surface area (Å²) in [4.78, 5) is 52.8. The van der Waals surface area contributed by atoms with Gasteiger partial charge in [-0.25, -0.2) is 18.2 Å². The molecule has 1 unspecified atom stereocenters. The molecule has 4 N–H and O–H groups in total. The first kappa shape index (κ1) is 51.6. The molecule has 0 radical (unpaired) electrons. The van der Waals surface area contributed by atoms with Gasteiger partial charge in [-0.15, -0.1) is 11.3 Å². The predicted molar refractivity (Wildman–Crippen MR) is 266 cm³/mol. The number of hydrogen-bond donors (Lipinski definition) is 4. The maximum atomic E-state index is 16.1. The van der Waals surface area contributed by atoms with Crippen molar-refractivity contribution in [2.75, 3.05) is 19.7 Å². The van der Waals surface area contributed by atoms with E-state index in [1.807, 2.05) is 93.6 Å². The van der Waals surface area contributed by atoms with Crippen LogP contribution in [0.15, 0.2) is 66.2 Å². The lowest BCUT2D eigenvalue weighted by Crippen LogP contribution is -2.57. The number of H-pyrrole nitrogens is 1. The number of benzene rings is 3. The lowest BCUT2D eigenvalue weighted by molar-refractivity contribution is -0.144. The highest BCUT2D eigenvalue weighted by Crippen LogP contribution is 2.44. The highest BCUT2D eigenvalue weighted by molar-refractivity contribution is 7.13. The van der Waals surface area contributed by atoms with Gasteiger partial charge >= 0.3 is 0 Å². The number of aromatic nitrogens is 2. The van der Waals surface area contributed by atoms with Crippen molar-refractivity contribution < 1.29 is 37.4 Å². The molecule has 11 nitrogen and oxygen atoms in total. The number of carbonyl (C=O) groups excluding carboxylic acids is 3. The minimum atomic E-state index is -1.59. The minimum Gasteiger partial charge on any atom is -0.493 e. The minimum absolute atomic E-state index is 0.00376. The Hall–Kier alpha value is -5.25. The normalized spacial score (nSPS) is 19.1. The average molecular weight is 971 g/mol. The highest BCUT2D eigenvalue weighted by atomic mass is 32.1. The van der Waals surface area contributed by atoms with E-state index in [9.17, 15) is 19.5 Å². The van der Waals surface area contributed by atoms with Gasteiger partial charge in [-0.05, 0) is 75.1 Å². The molecule has 15 heteroatoms. The third kappa shape index (κ3) is 12.8. The van der Waals surface area contributed by atoms with Crippen LogP contribution >= 0.6 is 11.3 Å². The van der Waals surface area contributed by atoms with Crippen LogP contribution in [0.5, 0.6) is 5.75 Å². The maximum absolute atomic E-state index is 16.1.